The van der Waals surface area contributed by atoms with Crippen LogP contribution in [0.15, 0.2) is 24.3 Å². The van der Waals surface area contributed by atoms with Gasteiger partial charge in [0.1, 0.15) is 6.54 Å². The van der Waals surface area contributed by atoms with Crippen LogP contribution in [0.25, 0.3) is 0 Å². The molecule has 11 heteroatoms. The number of anilines is 1. The lowest BCUT2D eigenvalue weighted by atomic mass is 10.2. The zero-order valence-electron chi connectivity index (χ0n) is 11.9. The second kappa shape index (κ2) is 7.87. The van der Waals surface area contributed by atoms with Crippen LogP contribution < -0.4 is 26.8 Å². The van der Waals surface area contributed by atoms with Crippen LogP contribution in [0.3, 0.4) is 0 Å². The SMILES string of the molecule is CNC(=O)NNC(=O)CNC(=O)Nc1cccc(C(F)(F)F)c1. The van der Waals surface area contributed by atoms with Gasteiger partial charge in [-0.15, -0.1) is 0 Å². The van der Waals surface area contributed by atoms with Crippen molar-refractivity contribution in [3.63, 3.8) is 0 Å². The topological polar surface area (TPSA) is 111 Å². The Bertz CT molecular complexity index is 592. The van der Waals surface area contributed by atoms with Gasteiger partial charge in [0.2, 0.25) is 0 Å². The van der Waals surface area contributed by atoms with Gasteiger partial charge in [-0.25, -0.2) is 15.0 Å². The molecule has 0 aromatic heterocycles. The van der Waals surface area contributed by atoms with Gasteiger partial charge in [-0.05, 0) is 18.2 Å². The Labute approximate surface area is 128 Å². The average Bonchev–Trinajstić information content (AvgIpc) is 2.50. The first-order valence-electron chi connectivity index (χ1n) is 6.21. The molecule has 1 aromatic carbocycles. The van der Waals surface area contributed by atoms with E-state index in [-0.39, 0.29) is 5.69 Å². The molecule has 0 aliphatic carbocycles. The highest BCUT2D eigenvalue weighted by Crippen LogP contribution is 2.30. The third-order valence-corrected chi connectivity index (χ3v) is 2.40. The van der Waals surface area contributed by atoms with Crippen LogP contribution in [-0.2, 0) is 11.0 Å². The highest BCUT2D eigenvalue weighted by atomic mass is 19.4. The number of amides is 5. The number of alkyl halides is 3. The quantitative estimate of drug-likeness (QED) is 0.527. The van der Waals surface area contributed by atoms with Crippen LogP contribution in [0.1, 0.15) is 5.56 Å². The van der Waals surface area contributed by atoms with Gasteiger partial charge in [-0.1, -0.05) is 6.07 Å². The number of hydrogen-bond acceptors (Lipinski definition) is 3. The molecule has 1 rings (SSSR count). The first-order valence-corrected chi connectivity index (χ1v) is 6.21. The van der Waals surface area contributed by atoms with E-state index in [1.54, 1.807) is 0 Å². The van der Waals surface area contributed by atoms with Crippen molar-refractivity contribution >= 4 is 23.7 Å². The predicted molar refractivity (Wildman–Crippen MR) is 74.2 cm³/mol. The van der Waals surface area contributed by atoms with Crippen molar-refractivity contribution in [3.05, 3.63) is 29.8 Å². The average molecular weight is 333 g/mol. The van der Waals surface area contributed by atoms with E-state index in [4.69, 9.17) is 0 Å². The fourth-order valence-electron chi connectivity index (χ4n) is 1.34. The molecular formula is C12H14F3N5O3. The molecule has 23 heavy (non-hydrogen) atoms. The van der Waals surface area contributed by atoms with Gasteiger partial charge in [0, 0.05) is 12.7 Å². The van der Waals surface area contributed by atoms with Gasteiger partial charge >= 0.3 is 18.2 Å². The van der Waals surface area contributed by atoms with Crippen molar-refractivity contribution in [1.82, 2.24) is 21.5 Å². The Balaban J connectivity index is 2.45. The van der Waals surface area contributed by atoms with E-state index in [1.165, 1.54) is 13.1 Å². The summed E-state index contributed by atoms with van der Waals surface area (Å²) in [5.74, 6) is -0.729. The van der Waals surface area contributed by atoms with Crippen LogP contribution in [0.5, 0.6) is 0 Å². The first-order chi connectivity index (χ1) is 10.7. The van der Waals surface area contributed by atoms with Crippen molar-refractivity contribution in [2.24, 2.45) is 0 Å². The number of hydrazine groups is 1. The monoisotopic (exact) mass is 333 g/mol. The molecule has 0 radical (unpaired) electrons. The lowest BCUT2D eigenvalue weighted by molar-refractivity contribution is -0.137. The lowest BCUT2D eigenvalue weighted by Gasteiger charge is -2.11. The van der Waals surface area contributed by atoms with Gasteiger partial charge in [-0.3, -0.25) is 10.2 Å². The molecule has 0 saturated heterocycles. The minimum atomic E-state index is -4.53. The molecule has 5 N–H and O–H groups in total. The number of nitrogens with one attached hydrogen (secondary N) is 5. The maximum atomic E-state index is 12.5. The second-order valence-electron chi connectivity index (χ2n) is 4.14. The Hall–Kier alpha value is -2.98. The number of benzene rings is 1. The van der Waals surface area contributed by atoms with Crippen LogP contribution in [0.2, 0.25) is 0 Å². The molecule has 0 fully saturated rings. The van der Waals surface area contributed by atoms with E-state index in [0.29, 0.717) is 0 Å². The smallest absolute Gasteiger partial charge is 0.340 e. The number of hydrogen-bond donors (Lipinski definition) is 5. The molecule has 8 nitrogen and oxygen atoms in total. The third-order valence-electron chi connectivity index (χ3n) is 2.40. The molecule has 0 aliphatic heterocycles. The zero-order chi connectivity index (χ0) is 17.5. The molecule has 5 amide bonds. The zero-order valence-corrected chi connectivity index (χ0v) is 11.9. The van der Waals surface area contributed by atoms with Crippen molar-refractivity contribution in [1.29, 1.82) is 0 Å². The summed E-state index contributed by atoms with van der Waals surface area (Å²) in [6.07, 6.45) is -4.53. The molecule has 126 valence electrons. The van der Waals surface area contributed by atoms with E-state index in [0.717, 1.165) is 18.2 Å². The van der Waals surface area contributed by atoms with E-state index >= 15 is 0 Å². The Morgan fingerprint density at radius 2 is 1.78 bits per heavy atom. The van der Waals surface area contributed by atoms with Gasteiger partial charge in [0.25, 0.3) is 5.91 Å². The summed E-state index contributed by atoms with van der Waals surface area (Å²) < 4.78 is 37.6. The Morgan fingerprint density at radius 1 is 1.09 bits per heavy atom. The molecule has 1 aromatic rings. The molecule has 0 unspecified atom stereocenters. The molecule has 0 atom stereocenters. The van der Waals surface area contributed by atoms with Gasteiger partial charge in [0.05, 0.1) is 5.56 Å². The minimum absolute atomic E-state index is 0.0822. The van der Waals surface area contributed by atoms with Crippen LogP contribution in [-0.4, -0.2) is 31.6 Å². The standard InChI is InChI=1S/C12H14F3N5O3/c1-16-10(22)20-19-9(21)6-17-11(23)18-8-4-2-3-7(5-8)12(13,14)15/h2-5H,6H2,1H3,(H,19,21)(H2,16,20,22)(H2,17,18,23). The highest BCUT2D eigenvalue weighted by Gasteiger charge is 2.30. The second-order valence-corrected chi connectivity index (χ2v) is 4.14. The van der Waals surface area contributed by atoms with Crippen molar-refractivity contribution < 1.29 is 27.6 Å². The third kappa shape index (κ3) is 6.54. The minimum Gasteiger partial charge on any atom is -0.340 e. The summed E-state index contributed by atoms with van der Waals surface area (Å²) in [5.41, 5.74) is 2.98. The summed E-state index contributed by atoms with van der Waals surface area (Å²) >= 11 is 0. The van der Waals surface area contributed by atoms with E-state index in [9.17, 15) is 27.6 Å². The maximum Gasteiger partial charge on any atom is 0.416 e. The normalized spacial score (nSPS) is 10.4. The van der Waals surface area contributed by atoms with Gasteiger partial charge in [0.15, 0.2) is 0 Å². The van der Waals surface area contributed by atoms with Crippen LogP contribution in [0, 0.1) is 0 Å². The molecule has 0 heterocycles. The molecule has 0 aliphatic rings. The largest absolute Gasteiger partial charge is 0.416 e. The maximum absolute atomic E-state index is 12.5. The van der Waals surface area contributed by atoms with E-state index in [1.807, 2.05) is 10.9 Å². The van der Waals surface area contributed by atoms with Gasteiger partial charge < -0.3 is 16.0 Å². The summed E-state index contributed by atoms with van der Waals surface area (Å²) in [5, 5.41) is 6.45. The van der Waals surface area contributed by atoms with Crippen LogP contribution >= 0.6 is 0 Å². The Kier molecular flexibility index (Phi) is 6.18. The fourth-order valence-corrected chi connectivity index (χ4v) is 1.34. The fraction of sp³-hybridized carbons (Fsp3) is 0.250. The van der Waals surface area contributed by atoms with E-state index < -0.39 is 36.3 Å². The number of urea groups is 2. The summed E-state index contributed by atoms with van der Waals surface area (Å²) in [6.45, 7) is -0.491. The summed E-state index contributed by atoms with van der Waals surface area (Å²) in [6, 6.07) is 2.49. The first kappa shape index (κ1) is 18.1. The molecule has 0 bridgehead atoms. The Morgan fingerprint density at radius 3 is 2.39 bits per heavy atom. The summed E-state index contributed by atoms with van der Waals surface area (Å²) in [7, 11) is 1.34. The molecule has 0 saturated carbocycles. The van der Waals surface area contributed by atoms with Crippen molar-refractivity contribution in [3.8, 4) is 0 Å². The van der Waals surface area contributed by atoms with Gasteiger partial charge in [-0.2, -0.15) is 13.2 Å². The molecular weight excluding hydrogens is 319 g/mol. The van der Waals surface area contributed by atoms with Crippen molar-refractivity contribution in [2.75, 3.05) is 18.9 Å². The lowest BCUT2D eigenvalue weighted by Crippen LogP contribution is -2.49. The molecule has 0 spiro atoms. The van der Waals surface area contributed by atoms with E-state index in [2.05, 4.69) is 16.0 Å². The number of carbonyl (C=O) groups excluding carboxylic acids is 3. The number of halogens is 3. The van der Waals surface area contributed by atoms with Crippen LogP contribution in [0.4, 0.5) is 28.4 Å². The number of rotatable bonds is 3. The van der Waals surface area contributed by atoms with Crippen molar-refractivity contribution in [2.45, 2.75) is 6.18 Å². The number of carbonyl (C=O) groups is 3. The summed E-state index contributed by atoms with van der Waals surface area (Å²) in [4.78, 5) is 33.5. The highest BCUT2D eigenvalue weighted by molar-refractivity contribution is 5.92. The predicted octanol–water partition coefficient (Wildman–Crippen LogP) is 0.787.